The first kappa shape index (κ1) is 12.0. The number of nitrogens with one attached hydrogen (secondary N) is 1. The Hall–Kier alpha value is -1.10. The van der Waals surface area contributed by atoms with Gasteiger partial charge in [0, 0.05) is 0 Å². The lowest BCUT2D eigenvalue weighted by Crippen LogP contribution is -2.20. The molecule has 94 valence electrons. The van der Waals surface area contributed by atoms with E-state index in [1.807, 2.05) is 0 Å². The molecule has 2 fully saturated rings. The number of halogens is 2. The van der Waals surface area contributed by atoms with E-state index in [2.05, 4.69) is 5.32 Å². The highest BCUT2D eigenvalue weighted by Gasteiger charge is 2.38. The molecule has 2 nitrogen and oxygen atoms in total. The minimum atomic E-state index is -0.720. The average molecular weight is 249 g/mol. The molecule has 1 saturated carbocycles. The molecule has 18 heavy (non-hydrogen) atoms. The number of hydrogen-bond donors (Lipinski definition) is 1. The molecule has 5 heteroatoms. The van der Waals surface area contributed by atoms with Crippen LogP contribution in [0.25, 0.3) is 0 Å². The molecule has 3 rings (SSSR count). The van der Waals surface area contributed by atoms with Gasteiger partial charge in [-0.2, -0.15) is 0 Å². The lowest BCUT2D eigenvalue weighted by Gasteiger charge is -2.16. The third kappa shape index (κ3) is 2.12. The summed E-state index contributed by atoms with van der Waals surface area (Å²) in [6, 6.07) is 2.19. The number of fused-ring (bicyclic) bond motifs is 1. The van der Waals surface area contributed by atoms with Crippen LogP contribution in [0, 0.1) is 23.5 Å². The summed E-state index contributed by atoms with van der Waals surface area (Å²) in [6.07, 6.45) is 1.64. The smallest absolute Gasteiger partial charge is 0.190 e. The first-order valence-corrected chi connectivity index (χ1v) is 6.25. The van der Waals surface area contributed by atoms with Crippen LogP contribution in [0.3, 0.4) is 0 Å². The Morgan fingerprint density at radius 1 is 1.11 bits per heavy atom. The van der Waals surface area contributed by atoms with Crippen LogP contribution < -0.4 is 15.5 Å². The molecular formula is C13H14BF2NO. The summed E-state index contributed by atoms with van der Waals surface area (Å²) < 4.78 is 32.7. The van der Waals surface area contributed by atoms with Gasteiger partial charge in [-0.05, 0) is 49.9 Å². The van der Waals surface area contributed by atoms with Gasteiger partial charge in [0.2, 0.25) is 0 Å². The van der Waals surface area contributed by atoms with Crippen LogP contribution in [0.5, 0.6) is 5.75 Å². The van der Waals surface area contributed by atoms with Gasteiger partial charge in [0.1, 0.15) is 7.85 Å². The molecular weight excluding hydrogens is 235 g/mol. The molecule has 1 aromatic rings. The predicted molar refractivity (Wildman–Crippen MR) is 65.2 cm³/mol. The Morgan fingerprint density at radius 2 is 1.67 bits per heavy atom. The van der Waals surface area contributed by atoms with Gasteiger partial charge in [0.05, 0.1) is 6.10 Å². The van der Waals surface area contributed by atoms with Crippen LogP contribution in [-0.2, 0) is 0 Å². The minimum absolute atomic E-state index is 0.0739. The topological polar surface area (TPSA) is 21.3 Å². The third-order valence-electron chi connectivity index (χ3n) is 3.92. The lowest BCUT2D eigenvalue weighted by molar-refractivity contribution is 0.182. The zero-order valence-corrected chi connectivity index (χ0v) is 9.96. The van der Waals surface area contributed by atoms with Crippen LogP contribution in [0.4, 0.5) is 8.78 Å². The quantitative estimate of drug-likeness (QED) is 0.793. The van der Waals surface area contributed by atoms with Gasteiger partial charge in [-0.25, -0.2) is 8.78 Å². The van der Waals surface area contributed by atoms with E-state index >= 15 is 0 Å². The second kappa shape index (κ2) is 4.54. The first-order chi connectivity index (χ1) is 8.63. The van der Waals surface area contributed by atoms with Crippen molar-refractivity contribution in [3.8, 4) is 5.75 Å². The standard InChI is InChI=1S/C13H14BF2NO/c14-9-3-11(15)13(12(16)4-9)18-10-1-7-5-17-6-8(7)2-10/h3-4,7-8,10,17H,1-2,5-6H2/t7-,8+,10?. The van der Waals surface area contributed by atoms with Crippen LogP contribution >= 0.6 is 0 Å². The van der Waals surface area contributed by atoms with E-state index < -0.39 is 11.6 Å². The third-order valence-corrected chi connectivity index (χ3v) is 3.92. The maximum Gasteiger partial charge on any atom is 0.190 e. The predicted octanol–water partition coefficient (Wildman–Crippen LogP) is 1.14. The van der Waals surface area contributed by atoms with Crippen molar-refractivity contribution in [2.24, 2.45) is 11.8 Å². The van der Waals surface area contributed by atoms with Crippen molar-refractivity contribution in [3.63, 3.8) is 0 Å². The van der Waals surface area contributed by atoms with E-state index in [-0.39, 0.29) is 17.3 Å². The zero-order valence-electron chi connectivity index (χ0n) is 9.96. The van der Waals surface area contributed by atoms with Gasteiger partial charge in [0.25, 0.3) is 0 Å². The fourth-order valence-electron chi connectivity index (χ4n) is 3.07. The fourth-order valence-corrected chi connectivity index (χ4v) is 3.07. The SMILES string of the molecule is [B]c1cc(F)c(OC2C[C@H]3CNC[C@H]3C2)c(F)c1. The fraction of sp³-hybridized carbons (Fsp3) is 0.538. The molecule has 1 aliphatic carbocycles. The largest absolute Gasteiger partial charge is 0.484 e. The zero-order chi connectivity index (χ0) is 12.7. The Bertz CT molecular complexity index is 433. The van der Waals surface area contributed by atoms with Gasteiger partial charge < -0.3 is 10.1 Å². The van der Waals surface area contributed by atoms with Crippen molar-refractivity contribution in [3.05, 3.63) is 23.8 Å². The van der Waals surface area contributed by atoms with Crippen molar-refractivity contribution in [2.75, 3.05) is 13.1 Å². The van der Waals surface area contributed by atoms with Crippen molar-refractivity contribution in [1.29, 1.82) is 0 Å². The molecule has 3 atom stereocenters. The number of hydrogen-bond acceptors (Lipinski definition) is 2. The first-order valence-electron chi connectivity index (χ1n) is 6.25. The highest BCUT2D eigenvalue weighted by atomic mass is 19.1. The van der Waals surface area contributed by atoms with Crippen LogP contribution in [0.15, 0.2) is 12.1 Å². The monoisotopic (exact) mass is 249 g/mol. The number of benzene rings is 1. The van der Waals surface area contributed by atoms with E-state index in [0.717, 1.165) is 38.1 Å². The normalized spacial score (nSPS) is 30.4. The molecule has 2 radical (unpaired) electrons. The number of rotatable bonds is 2. The lowest BCUT2D eigenvalue weighted by atomic mass is 9.96. The molecule has 1 aliphatic heterocycles. The van der Waals surface area contributed by atoms with Gasteiger partial charge in [-0.3, -0.25) is 0 Å². The molecule has 0 aromatic heterocycles. The highest BCUT2D eigenvalue weighted by molar-refractivity contribution is 6.32. The van der Waals surface area contributed by atoms with Crippen LogP contribution in [0.1, 0.15) is 12.8 Å². The Morgan fingerprint density at radius 3 is 2.22 bits per heavy atom. The van der Waals surface area contributed by atoms with Crippen molar-refractivity contribution < 1.29 is 13.5 Å². The van der Waals surface area contributed by atoms with Crippen molar-refractivity contribution >= 4 is 13.3 Å². The van der Waals surface area contributed by atoms with Crippen LogP contribution in [-0.4, -0.2) is 27.0 Å². The molecule has 1 N–H and O–H groups in total. The molecule has 1 heterocycles. The number of ether oxygens (including phenoxy) is 1. The highest BCUT2D eigenvalue weighted by Crippen LogP contribution is 2.37. The molecule has 0 bridgehead atoms. The van der Waals surface area contributed by atoms with Crippen LogP contribution in [0.2, 0.25) is 0 Å². The van der Waals surface area contributed by atoms with Gasteiger partial charge >= 0.3 is 0 Å². The van der Waals surface area contributed by atoms with Crippen molar-refractivity contribution in [1.82, 2.24) is 5.32 Å². The maximum absolute atomic E-state index is 13.6. The summed E-state index contributed by atoms with van der Waals surface area (Å²) in [5.74, 6) is -0.572. The Kier molecular flexibility index (Phi) is 3.02. The van der Waals surface area contributed by atoms with E-state index in [1.54, 1.807) is 0 Å². The minimum Gasteiger partial charge on any atom is -0.484 e. The summed E-state index contributed by atoms with van der Waals surface area (Å²) in [5.41, 5.74) is 0.0739. The summed E-state index contributed by atoms with van der Waals surface area (Å²) in [6.45, 7) is 1.97. The molecule has 1 saturated heterocycles. The average Bonchev–Trinajstić information content (AvgIpc) is 2.83. The van der Waals surface area contributed by atoms with E-state index in [9.17, 15) is 8.78 Å². The summed E-state index contributed by atoms with van der Waals surface area (Å²) in [5, 5.41) is 3.32. The molecule has 0 amide bonds. The molecule has 1 unspecified atom stereocenters. The Labute approximate surface area is 106 Å². The second-order valence-electron chi connectivity index (χ2n) is 5.20. The molecule has 0 spiro atoms. The summed E-state index contributed by atoms with van der Waals surface area (Å²) in [4.78, 5) is 0. The molecule has 1 aromatic carbocycles. The van der Waals surface area contributed by atoms with Crippen molar-refractivity contribution in [2.45, 2.75) is 18.9 Å². The van der Waals surface area contributed by atoms with Gasteiger partial charge in [-0.15, -0.1) is 0 Å². The molecule has 2 aliphatic rings. The van der Waals surface area contributed by atoms with E-state index in [4.69, 9.17) is 12.6 Å². The van der Waals surface area contributed by atoms with Gasteiger partial charge in [0.15, 0.2) is 17.4 Å². The summed E-state index contributed by atoms with van der Waals surface area (Å²) >= 11 is 0. The van der Waals surface area contributed by atoms with Gasteiger partial charge in [-0.1, -0.05) is 5.46 Å². The van der Waals surface area contributed by atoms with E-state index in [1.165, 1.54) is 0 Å². The Balaban J connectivity index is 1.74. The second-order valence-corrected chi connectivity index (χ2v) is 5.20. The van der Waals surface area contributed by atoms with E-state index in [0.29, 0.717) is 11.8 Å². The maximum atomic E-state index is 13.6. The summed E-state index contributed by atoms with van der Waals surface area (Å²) in [7, 11) is 5.37.